The SMILES string of the molecule is CCOc1ccccc1OCCCC(=O)NCCn1c(C)nc2ccccc21. The average Bonchev–Trinajstić information content (AvgIpc) is 3.02. The summed E-state index contributed by atoms with van der Waals surface area (Å²) in [5, 5.41) is 2.98. The molecule has 0 saturated heterocycles. The highest BCUT2D eigenvalue weighted by atomic mass is 16.5. The van der Waals surface area contributed by atoms with E-state index in [4.69, 9.17) is 9.47 Å². The molecule has 0 aliphatic rings. The van der Waals surface area contributed by atoms with Gasteiger partial charge >= 0.3 is 0 Å². The number of carbonyl (C=O) groups excluding carboxylic acids is 1. The largest absolute Gasteiger partial charge is 0.490 e. The van der Waals surface area contributed by atoms with Gasteiger partial charge in [-0.1, -0.05) is 24.3 Å². The van der Waals surface area contributed by atoms with Gasteiger partial charge in [-0.2, -0.15) is 0 Å². The molecular formula is C22H27N3O3. The summed E-state index contributed by atoms with van der Waals surface area (Å²) in [5.74, 6) is 2.44. The molecule has 1 amide bonds. The Morgan fingerprint density at radius 2 is 1.79 bits per heavy atom. The van der Waals surface area contributed by atoms with E-state index >= 15 is 0 Å². The van der Waals surface area contributed by atoms with E-state index in [1.54, 1.807) is 0 Å². The van der Waals surface area contributed by atoms with E-state index in [1.165, 1.54) is 0 Å². The van der Waals surface area contributed by atoms with Crippen LogP contribution in [-0.4, -0.2) is 35.2 Å². The third-order valence-electron chi connectivity index (χ3n) is 4.46. The number of amides is 1. The fourth-order valence-electron chi connectivity index (χ4n) is 3.13. The van der Waals surface area contributed by atoms with Crippen LogP contribution in [0, 0.1) is 6.92 Å². The van der Waals surface area contributed by atoms with E-state index in [1.807, 2.05) is 56.3 Å². The van der Waals surface area contributed by atoms with Gasteiger partial charge in [-0.15, -0.1) is 0 Å². The molecule has 6 nitrogen and oxygen atoms in total. The molecule has 2 aromatic carbocycles. The zero-order valence-electron chi connectivity index (χ0n) is 16.5. The average molecular weight is 381 g/mol. The Bertz CT molecular complexity index is 920. The lowest BCUT2D eigenvalue weighted by Crippen LogP contribution is -2.27. The van der Waals surface area contributed by atoms with Crippen LogP contribution in [0.25, 0.3) is 11.0 Å². The molecule has 0 saturated carbocycles. The van der Waals surface area contributed by atoms with Gasteiger partial charge in [0.15, 0.2) is 11.5 Å². The minimum Gasteiger partial charge on any atom is -0.490 e. The van der Waals surface area contributed by atoms with Gasteiger partial charge in [-0.05, 0) is 44.5 Å². The van der Waals surface area contributed by atoms with E-state index in [2.05, 4.69) is 20.9 Å². The van der Waals surface area contributed by atoms with Crippen molar-refractivity contribution in [2.45, 2.75) is 33.2 Å². The molecule has 0 atom stereocenters. The first kappa shape index (κ1) is 19.7. The number of aromatic nitrogens is 2. The number of hydrogen-bond acceptors (Lipinski definition) is 4. The molecule has 0 radical (unpaired) electrons. The predicted octanol–water partition coefficient (Wildman–Crippen LogP) is 3.72. The van der Waals surface area contributed by atoms with E-state index < -0.39 is 0 Å². The Balaban J connectivity index is 1.39. The molecule has 0 aliphatic carbocycles. The summed E-state index contributed by atoms with van der Waals surface area (Å²) >= 11 is 0. The standard InChI is InChI=1S/C22H27N3O3/c1-3-27-20-11-6-7-12-21(20)28-16-8-13-22(26)23-14-15-25-17(2)24-18-9-4-5-10-19(18)25/h4-7,9-12H,3,8,13-16H2,1-2H3,(H,23,26). The van der Waals surface area contributed by atoms with Crippen LogP contribution in [0.15, 0.2) is 48.5 Å². The lowest BCUT2D eigenvalue weighted by atomic mass is 10.3. The van der Waals surface area contributed by atoms with Crippen LogP contribution in [-0.2, 0) is 11.3 Å². The van der Waals surface area contributed by atoms with Crippen molar-refractivity contribution in [3.8, 4) is 11.5 Å². The van der Waals surface area contributed by atoms with Crippen molar-refractivity contribution >= 4 is 16.9 Å². The maximum absolute atomic E-state index is 12.1. The van der Waals surface area contributed by atoms with Crippen molar-refractivity contribution < 1.29 is 14.3 Å². The molecule has 0 spiro atoms. The number of nitrogens with one attached hydrogen (secondary N) is 1. The van der Waals surface area contributed by atoms with Crippen LogP contribution in [0.5, 0.6) is 11.5 Å². The van der Waals surface area contributed by atoms with E-state index in [-0.39, 0.29) is 5.91 Å². The van der Waals surface area contributed by atoms with Crippen LogP contribution >= 0.6 is 0 Å². The minimum atomic E-state index is 0.0313. The number of hydrogen-bond donors (Lipinski definition) is 1. The molecule has 0 aliphatic heterocycles. The van der Waals surface area contributed by atoms with E-state index in [0.29, 0.717) is 44.9 Å². The fraction of sp³-hybridized carbons (Fsp3) is 0.364. The quantitative estimate of drug-likeness (QED) is 0.544. The van der Waals surface area contributed by atoms with Crippen LogP contribution in [0.4, 0.5) is 0 Å². The Morgan fingerprint density at radius 1 is 1.07 bits per heavy atom. The number of fused-ring (bicyclic) bond motifs is 1. The summed E-state index contributed by atoms with van der Waals surface area (Å²) < 4.78 is 13.4. The van der Waals surface area contributed by atoms with E-state index in [0.717, 1.165) is 22.6 Å². The zero-order chi connectivity index (χ0) is 19.8. The Labute approximate surface area is 165 Å². The highest BCUT2D eigenvalue weighted by Gasteiger charge is 2.08. The number of imidazole rings is 1. The van der Waals surface area contributed by atoms with Gasteiger partial charge in [0.05, 0.1) is 24.2 Å². The van der Waals surface area contributed by atoms with Crippen molar-refractivity contribution in [3.63, 3.8) is 0 Å². The summed E-state index contributed by atoms with van der Waals surface area (Å²) in [7, 11) is 0. The first-order valence-electron chi connectivity index (χ1n) is 9.72. The molecule has 6 heteroatoms. The number of aryl methyl sites for hydroxylation is 1. The summed E-state index contributed by atoms with van der Waals surface area (Å²) in [5.41, 5.74) is 2.08. The fourth-order valence-corrected chi connectivity index (χ4v) is 3.13. The Kier molecular flexibility index (Phi) is 6.89. The lowest BCUT2D eigenvalue weighted by molar-refractivity contribution is -0.121. The normalized spacial score (nSPS) is 10.8. The van der Waals surface area contributed by atoms with Gasteiger partial charge in [0, 0.05) is 19.5 Å². The van der Waals surface area contributed by atoms with Crippen molar-refractivity contribution in [3.05, 3.63) is 54.4 Å². The third-order valence-corrected chi connectivity index (χ3v) is 4.46. The van der Waals surface area contributed by atoms with Gasteiger partial charge in [-0.25, -0.2) is 4.98 Å². The van der Waals surface area contributed by atoms with Crippen molar-refractivity contribution in [1.82, 2.24) is 14.9 Å². The van der Waals surface area contributed by atoms with Crippen LogP contribution in [0.2, 0.25) is 0 Å². The molecule has 1 aromatic heterocycles. The van der Waals surface area contributed by atoms with Gasteiger partial charge < -0.3 is 19.4 Å². The molecule has 0 fully saturated rings. The number of benzene rings is 2. The maximum Gasteiger partial charge on any atom is 0.220 e. The predicted molar refractivity (Wildman–Crippen MR) is 110 cm³/mol. The molecule has 28 heavy (non-hydrogen) atoms. The smallest absolute Gasteiger partial charge is 0.220 e. The summed E-state index contributed by atoms with van der Waals surface area (Å²) in [6.45, 7) is 6.27. The van der Waals surface area contributed by atoms with Gasteiger partial charge in [0.2, 0.25) is 5.91 Å². The topological polar surface area (TPSA) is 65.4 Å². The van der Waals surface area contributed by atoms with Gasteiger partial charge in [0.25, 0.3) is 0 Å². The van der Waals surface area contributed by atoms with Crippen LogP contribution in [0.1, 0.15) is 25.6 Å². The molecule has 3 aromatic rings. The zero-order valence-corrected chi connectivity index (χ0v) is 16.5. The summed E-state index contributed by atoms with van der Waals surface area (Å²) in [6.07, 6.45) is 1.08. The first-order valence-corrected chi connectivity index (χ1v) is 9.72. The lowest BCUT2D eigenvalue weighted by Gasteiger charge is -2.11. The van der Waals surface area contributed by atoms with Crippen LogP contribution < -0.4 is 14.8 Å². The molecule has 0 unspecified atom stereocenters. The van der Waals surface area contributed by atoms with E-state index in [9.17, 15) is 4.79 Å². The second-order valence-corrected chi connectivity index (χ2v) is 6.48. The Morgan fingerprint density at radius 3 is 2.57 bits per heavy atom. The van der Waals surface area contributed by atoms with Crippen molar-refractivity contribution in [2.24, 2.45) is 0 Å². The number of para-hydroxylation sites is 4. The summed E-state index contributed by atoms with van der Waals surface area (Å²) in [4.78, 5) is 16.6. The molecule has 148 valence electrons. The first-order chi connectivity index (χ1) is 13.7. The molecule has 3 rings (SSSR count). The van der Waals surface area contributed by atoms with Gasteiger partial charge in [-0.3, -0.25) is 4.79 Å². The minimum absolute atomic E-state index is 0.0313. The highest BCUT2D eigenvalue weighted by Crippen LogP contribution is 2.26. The molecule has 1 N–H and O–H groups in total. The monoisotopic (exact) mass is 381 g/mol. The molecule has 1 heterocycles. The summed E-state index contributed by atoms with van der Waals surface area (Å²) in [6, 6.07) is 15.6. The number of ether oxygens (including phenoxy) is 2. The molecular weight excluding hydrogens is 354 g/mol. The number of carbonyl (C=O) groups is 1. The maximum atomic E-state index is 12.1. The van der Waals surface area contributed by atoms with Gasteiger partial charge in [0.1, 0.15) is 5.82 Å². The molecule has 0 bridgehead atoms. The van der Waals surface area contributed by atoms with Crippen LogP contribution in [0.3, 0.4) is 0 Å². The number of rotatable bonds is 10. The third kappa shape index (κ3) is 5.03. The highest BCUT2D eigenvalue weighted by molar-refractivity contribution is 5.76. The number of nitrogens with zero attached hydrogens (tertiary/aromatic N) is 2. The van der Waals surface area contributed by atoms with Crippen molar-refractivity contribution in [1.29, 1.82) is 0 Å². The van der Waals surface area contributed by atoms with Crippen molar-refractivity contribution in [2.75, 3.05) is 19.8 Å². The Hall–Kier alpha value is -3.02. The second-order valence-electron chi connectivity index (χ2n) is 6.48. The second kappa shape index (κ2) is 9.78.